The molecule has 0 aliphatic heterocycles. The Balaban J connectivity index is 1.56. The van der Waals surface area contributed by atoms with Gasteiger partial charge in [-0.1, -0.05) is 0 Å². The Bertz CT molecular complexity index is 1110. The Hall–Kier alpha value is -3.43. The van der Waals surface area contributed by atoms with E-state index in [1.807, 2.05) is 0 Å². The van der Waals surface area contributed by atoms with Crippen LogP contribution >= 0.6 is 0 Å². The maximum Gasteiger partial charge on any atom is 0.404 e. The summed E-state index contributed by atoms with van der Waals surface area (Å²) in [6.45, 7) is 1.69. The zero-order chi connectivity index (χ0) is 22.1. The number of rotatable bonds is 8. The number of halogens is 3. The van der Waals surface area contributed by atoms with Crippen molar-refractivity contribution in [3.8, 4) is 23.0 Å². The van der Waals surface area contributed by atoms with Crippen LogP contribution in [0.2, 0.25) is 0 Å². The first-order valence-electron chi connectivity index (χ1n) is 9.65. The van der Waals surface area contributed by atoms with Crippen LogP contribution in [-0.4, -0.2) is 35.4 Å². The lowest BCUT2D eigenvalue weighted by Gasteiger charge is -2.13. The highest BCUT2D eigenvalue weighted by atomic mass is 19.1. The van der Waals surface area contributed by atoms with E-state index >= 15 is 0 Å². The van der Waals surface area contributed by atoms with Crippen molar-refractivity contribution in [2.75, 3.05) is 13.2 Å². The second-order valence-corrected chi connectivity index (χ2v) is 7.43. The summed E-state index contributed by atoms with van der Waals surface area (Å²) in [5.74, 6) is -3.13. The van der Waals surface area contributed by atoms with E-state index in [-0.39, 0.29) is 41.5 Å². The van der Waals surface area contributed by atoms with Crippen LogP contribution in [0, 0.1) is 23.4 Å². The van der Waals surface area contributed by atoms with Crippen molar-refractivity contribution in [2.45, 2.75) is 25.8 Å². The summed E-state index contributed by atoms with van der Waals surface area (Å²) in [5, 5.41) is 10.9. The maximum atomic E-state index is 14.8. The van der Waals surface area contributed by atoms with Crippen LogP contribution in [0.1, 0.15) is 19.8 Å². The lowest BCUT2D eigenvalue weighted by Crippen LogP contribution is -2.35. The molecule has 0 bridgehead atoms. The van der Waals surface area contributed by atoms with Crippen LogP contribution in [0.25, 0.3) is 22.6 Å². The Morgan fingerprint density at radius 1 is 1.26 bits per heavy atom. The molecule has 1 heterocycles. The number of amides is 1. The second kappa shape index (κ2) is 8.37. The zero-order valence-corrected chi connectivity index (χ0v) is 16.5. The smallest absolute Gasteiger partial charge is 0.404 e. The first-order valence-corrected chi connectivity index (χ1v) is 9.65. The van der Waals surface area contributed by atoms with Crippen LogP contribution in [0.5, 0.6) is 11.5 Å². The fourth-order valence-corrected chi connectivity index (χ4v) is 2.95. The summed E-state index contributed by atoms with van der Waals surface area (Å²) in [5.41, 5.74) is -0.126. The molecule has 164 valence electrons. The number of nitrogens with zero attached hydrogens (tertiary/aromatic N) is 1. The van der Waals surface area contributed by atoms with Gasteiger partial charge in [0.15, 0.2) is 28.7 Å². The molecule has 0 unspecified atom stereocenters. The number of carbonyl (C=O) groups is 1. The number of fused-ring (bicyclic) bond motifs is 1. The van der Waals surface area contributed by atoms with Gasteiger partial charge < -0.3 is 24.3 Å². The molecule has 0 spiro atoms. The highest BCUT2D eigenvalue weighted by Gasteiger charge is 2.24. The Kier molecular flexibility index (Phi) is 5.62. The molecule has 1 aliphatic rings. The number of oxazole rings is 1. The van der Waals surface area contributed by atoms with E-state index in [2.05, 4.69) is 10.3 Å². The summed E-state index contributed by atoms with van der Waals surface area (Å²) in [6.07, 6.45) is 0.739. The van der Waals surface area contributed by atoms with Gasteiger partial charge in [-0.05, 0) is 49.9 Å². The minimum absolute atomic E-state index is 0.00822. The van der Waals surface area contributed by atoms with E-state index in [0.717, 1.165) is 25.0 Å². The van der Waals surface area contributed by atoms with Gasteiger partial charge >= 0.3 is 6.09 Å². The third kappa shape index (κ3) is 4.68. The van der Waals surface area contributed by atoms with Gasteiger partial charge in [-0.2, -0.15) is 4.39 Å². The largest absolute Gasteiger partial charge is 0.488 e. The quantitative estimate of drug-likeness (QED) is 0.530. The molecular formula is C21H19F3N2O5. The van der Waals surface area contributed by atoms with Gasteiger partial charge in [0.05, 0.1) is 12.6 Å². The molecule has 0 radical (unpaired) electrons. The molecule has 1 fully saturated rings. The fraction of sp³-hybridized carbons (Fsp3) is 0.333. The van der Waals surface area contributed by atoms with Gasteiger partial charge in [-0.15, -0.1) is 0 Å². The summed E-state index contributed by atoms with van der Waals surface area (Å²) in [7, 11) is 0. The average Bonchev–Trinajstić information content (AvgIpc) is 3.42. The molecule has 1 atom stereocenters. The third-order valence-electron chi connectivity index (χ3n) is 4.73. The van der Waals surface area contributed by atoms with E-state index < -0.39 is 35.3 Å². The lowest BCUT2D eigenvalue weighted by atomic mass is 10.2. The predicted molar refractivity (Wildman–Crippen MR) is 104 cm³/mol. The fourth-order valence-electron chi connectivity index (χ4n) is 2.95. The van der Waals surface area contributed by atoms with E-state index in [1.54, 1.807) is 6.92 Å². The van der Waals surface area contributed by atoms with Crippen LogP contribution < -0.4 is 14.8 Å². The molecule has 1 saturated carbocycles. The Labute approximate surface area is 174 Å². The van der Waals surface area contributed by atoms with Gasteiger partial charge in [-0.25, -0.2) is 18.6 Å². The van der Waals surface area contributed by atoms with Gasteiger partial charge in [0.2, 0.25) is 11.7 Å². The van der Waals surface area contributed by atoms with Crippen LogP contribution in [0.15, 0.2) is 28.7 Å². The number of carboxylic acid groups (broad SMARTS) is 1. The highest BCUT2D eigenvalue weighted by molar-refractivity contribution is 5.78. The molecule has 4 rings (SSSR count). The molecular weight excluding hydrogens is 417 g/mol. The Morgan fingerprint density at radius 2 is 1.97 bits per heavy atom. The van der Waals surface area contributed by atoms with Crippen molar-refractivity contribution < 1.29 is 37.0 Å². The molecule has 1 amide bonds. The van der Waals surface area contributed by atoms with Gasteiger partial charge in [-0.3, -0.25) is 0 Å². The number of aromatic nitrogens is 1. The van der Waals surface area contributed by atoms with Crippen molar-refractivity contribution >= 4 is 17.2 Å². The average molecular weight is 436 g/mol. The van der Waals surface area contributed by atoms with E-state index in [1.165, 1.54) is 12.1 Å². The molecule has 2 N–H and O–H groups in total. The predicted octanol–water partition coefficient (Wildman–Crippen LogP) is 4.74. The monoisotopic (exact) mass is 436 g/mol. The highest BCUT2D eigenvalue weighted by Crippen LogP contribution is 2.35. The SMILES string of the molecule is C[C@@H](COc1ccc2nc(-c3cc(F)c(OCC4CC4)c(F)c3)oc2c1F)NC(=O)O. The number of nitrogens with one attached hydrogen (secondary N) is 1. The van der Waals surface area contributed by atoms with Crippen LogP contribution in [-0.2, 0) is 0 Å². The van der Waals surface area contributed by atoms with E-state index in [9.17, 15) is 18.0 Å². The van der Waals surface area contributed by atoms with Crippen LogP contribution in [0.4, 0.5) is 18.0 Å². The van der Waals surface area contributed by atoms with Crippen molar-refractivity contribution in [3.63, 3.8) is 0 Å². The minimum atomic E-state index is -1.23. The van der Waals surface area contributed by atoms with Crippen molar-refractivity contribution in [1.82, 2.24) is 10.3 Å². The molecule has 0 saturated heterocycles. The third-order valence-corrected chi connectivity index (χ3v) is 4.73. The summed E-state index contributed by atoms with van der Waals surface area (Å²) in [4.78, 5) is 14.7. The summed E-state index contributed by atoms with van der Waals surface area (Å²) in [6, 6.07) is 4.20. The number of hydrogen-bond acceptors (Lipinski definition) is 5. The molecule has 10 heteroatoms. The molecule has 2 aromatic carbocycles. The standard InChI is InChI=1S/C21H19F3N2O5/c1-10(25-21(27)28)8-29-16-5-4-15-19(17(16)24)31-20(26-15)12-6-13(22)18(14(23)7-12)30-9-11-2-3-11/h4-7,10-11,25H,2-3,8-9H2,1H3,(H,27,28)/t10-/m0/s1. The molecule has 7 nitrogen and oxygen atoms in total. The first kappa shape index (κ1) is 20.8. The lowest BCUT2D eigenvalue weighted by molar-refractivity contribution is 0.182. The summed E-state index contributed by atoms with van der Waals surface area (Å²) < 4.78 is 59.4. The second-order valence-electron chi connectivity index (χ2n) is 7.43. The molecule has 3 aromatic rings. The molecule has 1 aliphatic carbocycles. The number of ether oxygens (including phenoxy) is 2. The van der Waals surface area contributed by atoms with E-state index in [4.69, 9.17) is 19.0 Å². The van der Waals surface area contributed by atoms with E-state index in [0.29, 0.717) is 5.92 Å². The summed E-state index contributed by atoms with van der Waals surface area (Å²) >= 11 is 0. The zero-order valence-electron chi connectivity index (χ0n) is 16.5. The minimum Gasteiger partial charge on any atom is -0.488 e. The van der Waals surface area contributed by atoms with Gasteiger partial charge in [0, 0.05) is 5.56 Å². The number of benzene rings is 2. The van der Waals surface area contributed by atoms with Crippen LogP contribution in [0.3, 0.4) is 0 Å². The van der Waals surface area contributed by atoms with Gasteiger partial charge in [0.1, 0.15) is 12.1 Å². The normalized spacial score (nSPS) is 14.5. The first-order chi connectivity index (χ1) is 14.8. The number of hydrogen-bond donors (Lipinski definition) is 2. The molecule has 1 aromatic heterocycles. The van der Waals surface area contributed by atoms with Gasteiger partial charge in [0.25, 0.3) is 0 Å². The topological polar surface area (TPSA) is 93.8 Å². The van der Waals surface area contributed by atoms with Crippen molar-refractivity contribution in [3.05, 3.63) is 41.7 Å². The Morgan fingerprint density at radius 3 is 2.61 bits per heavy atom. The van der Waals surface area contributed by atoms with Crippen molar-refractivity contribution in [1.29, 1.82) is 0 Å². The molecule has 31 heavy (non-hydrogen) atoms. The maximum absolute atomic E-state index is 14.8. The van der Waals surface area contributed by atoms with Crippen molar-refractivity contribution in [2.24, 2.45) is 5.92 Å².